The molecular formula is C10H13NO. The summed E-state index contributed by atoms with van der Waals surface area (Å²) < 4.78 is 5.34. The molecule has 0 heterocycles. The lowest BCUT2D eigenvalue weighted by atomic mass is 10.1. The minimum Gasteiger partial charge on any atom is -0.398 e. The highest BCUT2D eigenvalue weighted by molar-refractivity contribution is 5.54. The van der Waals surface area contributed by atoms with Gasteiger partial charge in [-0.1, -0.05) is 12.1 Å². The summed E-state index contributed by atoms with van der Waals surface area (Å²) in [6.45, 7) is 0. The van der Waals surface area contributed by atoms with Crippen molar-refractivity contribution < 1.29 is 4.74 Å². The molecule has 1 unspecified atom stereocenters. The third-order valence-electron chi connectivity index (χ3n) is 2.51. The van der Waals surface area contributed by atoms with Crippen LogP contribution in [0.25, 0.3) is 0 Å². The van der Waals surface area contributed by atoms with Gasteiger partial charge in [-0.2, -0.15) is 0 Å². The Kier molecular flexibility index (Phi) is 1.77. The summed E-state index contributed by atoms with van der Waals surface area (Å²) >= 11 is 0. The number of aryl methyl sites for hydroxylation is 1. The average molecular weight is 163 g/mol. The molecule has 2 heteroatoms. The smallest absolute Gasteiger partial charge is 0.0846 e. The van der Waals surface area contributed by atoms with Crippen LogP contribution in [0.15, 0.2) is 18.2 Å². The van der Waals surface area contributed by atoms with Crippen LogP contribution in [0.2, 0.25) is 0 Å². The van der Waals surface area contributed by atoms with E-state index in [0.717, 1.165) is 18.5 Å². The van der Waals surface area contributed by atoms with Gasteiger partial charge in [0, 0.05) is 18.4 Å². The minimum absolute atomic E-state index is 0.223. The molecule has 0 amide bonds. The van der Waals surface area contributed by atoms with E-state index in [4.69, 9.17) is 10.5 Å². The second-order valence-corrected chi connectivity index (χ2v) is 3.18. The molecule has 0 saturated heterocycles. The molecule has 1 aliphatic carbocycles. The van der Waals surface area contributed by atoms with Crippen molar-refractivity contribution in [2.24, 2.45) is 0 Å². The van der Waals surface area contributed by atoms with Gasteiger partial charge < -0.3 is 10.5 Å². The lowest BCUT2D eigenvalue weighted by molar-refractivity contribution is 0.105. The lowest BCUT2D eigenvalue weighted by Crippen LogP contribution is -2.00. The summed E-state index contributed by atoms with van der Waals surface area (Å²) in [6, 6.07) is 6.08. The zero-order chi connectivity index (χ0) is 8.55. The quantitative estimate of drug-likeness (QED) is 0.642. The molecule has 2 nitrogen and oxygen atoms in total. The number of nitrogens with two attached hydrogens (primary N) is 1. The Balaban J connectivity index is 2.48. The average Bonchev–Trinajstić information content (AvgIpc) is 2.49. The Morgan fingerprint density at radius 1 is 1.50 bits per heavy atom. The fourth-order valence-corrected chi connectivity index (χ4v) is 1.91. The van der Waals surface area contributed by atoms with Crippen LogP contribution in [0.1, 0.15) is 23.7 Å². The Labute approximate surface area is 72.3 Å². The van der Waals surface area contributed by atoms with Crippen molar-refractivity contribution in [2.45, 2.75) is 18.9 Å². The van der Waals surface area contributed by atoms with E-state index >= 15 is 0 Å². The van der Waals surface area contributed by atoms with Crippen LogP contribution >= 0.6 is 0 Å². The number of anilines is 1. The van der Waals surface area contributed by atoms with E-state index in [1.165, 1.54) is 11.1 Å². The second kappa shape index (κ2) is 2.79. The zero-order valence-corrected chi connectivity index (χ0v) is 7.21. The first-order chi connectivity index (χ1) is 5.83. The topological polar surface area (TPSA) is 35.2 Å². The molecule has 0 radical (unpaired) electrons. The third-order valence-corrected chi connectivity index (χ3v) is 2.51. The van der Waals surface area contributed by atoms with E-state index in [1.807, 2.05) is 12.1 Å². The van der Waals surface area contributed by atoms with Crippen molar-refractivity contribution in [1.82, 2.24) is 0 Å². The first-order valence-corrected chi connectivity index (χ1v) is 4.23. The summed E-state index contributed by atoms with van der Waals surface area (Å²) in [5.41, 5.74) is 9.29. The molecule has 0 bridgehead atoms. The summed E-state index contributed by atoms with van der Waals surface area (Å²) in [5, 5.41) is 0. The molecule has 0 spiro atoms. The van der Waals surface area contributed by atoms with Gasteiger partial charge >= 0.3 is 0 Å². The van der Waals surface area contributed by atoms with Crippen molar-refractivity contribution in [3.8, 4) is 0 Å². The predicted octanol–water partition coefficient (Wildman–Crippen LogP) is 1.90. The molecule has 1 atom stereocenters. The monoisotopic (exact) mass is 163 g/mol. The van der Waals surface area contributed by atoms with Crippen molar-refractivity contribution in [1.29, 1.82) is 0 Å². The van der Waals surface area contributed by atoms with Gasteiger partial charge in [-0.3, -0.25) is 0 Å². The Hall–Kier alpha value is -1.02. The zero-order valence-electron chi connectivity index (χ0n) is 7.21. The molecule has 0 aliphatic heterocycles. The van der Waals surface area contributed by atoms with Crippen LogP contribution < -0.4 is 5.73 Å². The molecule has 1 aromatic rings. The number of rotatable bonds is 1. The first kappa shape index (κ1) is 7.62. The Bertz CT molecular complexity index is 296. The first-order valence-electron chi connectivity index (χ1n) is 4.23. The van der Waals surface area contributed by atoms with Crippen LogP contribution in [-0.2, 0) is 11.2 Å². The molecule has 2 rings (SSSR count). The van der Waals surface area contributed by atoms with Crippen LogP contribution in [0, 0.1) is 0 Å². The van der Waals surface area contributed by atoms with Gasteiger partial charge in [0.15, 0.2) is 0 Å². The molecule has 1 aromatic carbocycles. The summed E-state index contributed by atoms with van der Waals surface area (Å²) in [4.78, 5) is 0. The van der Waals surface area contributed by atoms with Crippen molar-refractivity contribution >= 4 is 5.69 Å². The summed E-state index contributed by atoms with van der Waals surface area (Å²) in [5.74, 6) is 0. The maximum atomic E-state index is 5.86. The van der Waals surface area contributed by atoms with Gasteiger partial charge in [0.05, 0.1) is 6.10 Å². The van der Waals surface area contributed by atoms with Crippen molar-refractivity contribution in [3.63, 3.8) is 0 Å². The number of hydrogen-bond acceptors (Lipinski definition) is 2. The van der Waals surface area contributed by atoms with Crippen LogP contribution in [0.4, 0.5) is 5.69 Å². The largest absolute Gasteiger partial charge is 0.398 e. The number of methoxy groups -OCH3 is 1. The molecule has 12 heavy (non-hydrogen) atoms. The van der Waals surface area contributed by atoms with Gasteiger partial charge in [-0.05, 0) is 24.5 Å². The number of hydrogen-bond donors (Lipinski definition) is 1. The number of benzene rings is 1. The highest BCUT2D eigenvalue weighted by Gasteiger charge is 2.23. The van der Waals surface area contributed by atoms with Gasteiger partial charge in [0.2, 0.25) is 0 Å². The maximum Gasteiger partial charge on any atom is 0.0846 e. The molecule has 1 aliphatic rings. The standard InChI is InChI=1S/C10H13NO/c1-12-9-6-5-7-3-2-4-8(11)10(7)9/h2-4,9H,5-6,11H2,1H3. The lowest BCUT2D eigenvalue weighted by Gasteiger charge is -2.11. The van der Waals surface area contributed by atoms with Crippen LogP contribution in [-0.4, -0.2) is 7.11 Å². The summed E-state index contributed by atoms with van der Waals surface area (Å²) in [7, 11) is 1.74. The SMILES string of the molecule is COC1CCc2cccc(N)c21. The molecule has 2 N–H and O–H groups in total. The van der Waals surface area contributed by atoms with Gasteiger partial charge in [-0.25, -0.2) is 0 Å². The maximum absolute atomic E-state index is 5.86. The van der Waals surface area contributed by atoms with Crippen molar-refractivity contribution in [3.05, 3.63) is 29.3 Å². The summed E-state index contributed by atoms with van der Waals surface area (Å²) in [6.07, 6.45) is 2.39. The molecular weight excluding hydrogens is 150 g/mol. The van der Waals surface area contributed by atoms with E-state index in [2.05, 4.69) is 6.07 Å². The van der Waals surface area contributed by atoms with E-state index in [0.29, 0.717) is 0 Å². The predicted molar refractivity (Wildman–Crippen MR) is 48.9 cm³/mol. The normalized spacial score (nSPS) is 20.9. The van der Waals surface area contributed by atoms with E-state index in [-0.39, 0.29) is 6.10 Å². The van der Waals surface area contributed by atoms with E-state index in [9.17, 15) is 0 Å². The van der Waals surface area contributed by atoms with Gasteiger partial charge in [0.1, 0.15) is 0 Å². The fourth-order valence-electron chi connectivity index (χ4n) is 1.91. The molecule has 0 fully saturated rings. The van der Waals surface area contributed by atoms with Crippen molar-refractivity contribution in [2.75, 3.05) is 12.8 Å². The minimum atomic E-state index is 0.223. The fraction of sp³-hybridized carbons (Fsp3) is 0.400. The van der Waals surface area contributed by atoms with E-state index < -0.39 is 0 Å². The van der Waals surface area contributed by atoms with Gasteiger partial charge in [0.25, 0.3) is 0 Å². The third kappa shape index (κ3) is 0.994. The number of nitrogen functional groups attached to an aromatic ring is 1. The highest BCUT2D eigenvalue weighted by atomic mass is 16.5. The number of ether oxygens (including phenoxy) is 1. The molecule has 0 saturated carbocycles. The van der Waals surface area contributed by atoms with Crippen LogP contribution in [0.3, 0.4) is 0 Å². The Morgan fingerprint density at radius 2 is 2.33 bits per heavy atom. The Morgan fingerprint density at radius 3 is 3.08 bits per heavy atom. The van der Waals surface area contributed by atoms with Crippen LogP contribution in [0.5, 0.6) is 0 Å². The highest BCUT2D eigenvalue weighted by Crippen LogP contribution is 2.36. The number of fused-ring (bicyclic) bond motifs is 1. The molecule has 0 aromatic heterocycles. The molecule has 64 valence electrons. The van der Waals surface area contributed by atoms with E-state index in [1.54, 1.807) is 7.11 Å². The van der Waals surface area contributed by atoms with Gasteiger partial charge in [-0.15, -0.1) is 0 Å². The second-order valence-electron chi connectivity index (χ2n) is 3.18.